The highest BCUT2D eigenvalue weighted by Gasteiger charge is 2.16. The van der Waals surface area contributed by atoms with Gasteiger partial charge >= 0.3 is 0 Å². The van der Waals surface area contributed by atoms with Gasteiger partial charge in [0.1, 0.15) is 0 Å². The summed E-state index contributed by atoms with van der Waals surface area (Å²) in [7, 11) is -3.78. The van der Waals surface area contributed by atoms with E-state index in [1.165, 1.54) is 6.07 Å². The first-order valence-electron chi connectivity index (χ1n) is 6.03. The molecule has 0 radical (unpaired) electrons. The molecule has 108 valence electrons. The van der Waals surface area contributed by atoms with Crippen molar-refractivity contribution in [3.05, 3.63) is 17.7 Å². The minimum absolute atomic E-state index is 0.0359. The first kappa shape index (κ1) is 15.7. The van der Waals surface area contributed by atoms with E-state index in [0.717, 1.165) is 0 Å². The number of primary sulfonamides is 1. The van der Waals surface area contributed by atoms with Crippen LogP contribution in [0.25, 0.3) is 0 Å². The average Bonchev–Trinajstić information content (AvgIpc) is 2.29. The fraction of sp³-hybridized carbons (Fsp3) is 0.500. The molecular weight excluding hydrogens is 266 g/mol. The second kappa shape index (κ2) is 6.23. The van der Waals surface area contributed by atoms with Gasteiger partial charge in [0.25, 0.3) is 0 Å². The molecule has 1 aromatic rings. The van der Waals surface area contributed by atoms with E-state index in [1.807, 2.05) is 13.8 Å². The lowest BCUT2D eigenvalue weighted by Crippen LogP contribution is -2.23. The van der Waals surface area contributed by atoms with Crippen LogP contribution in [-0.2, 0) is 14.8 Å². The molecule has 6 nitrogen and oxygen atoms in total. The molecule has 0 aliphatic rings. The smallest absolute Gasteiger partial charge is 0.238 e. The highest BCUT2D eigenvalue weighted by atomic mass is 32.2. The predicted octanol–water partition coefficient (Wildman–Crippen LogP) is 1.06. The molecule has 1 aromatic carbocycles. The maximum absolute atomic E-state index is 11.5. The van der Waals surface area contributed by atoms with Gasteiger partial charge in [-0.25, -0.2) is 13.6 Å². The van der Waals surface area contributed by atoms with Gasteiger partial charge in [0.2, 0.25) is 10.0 Å². The minimum Gasteiger partial charge on any atom is -0.399 e. The van der Waals surface area contributed by atoms with Gasteiger partial charge in [-0.15, -0.1) is 0 Å². The van der Waals surface area contributed by atoms with Crippen LogP contribution in [0.15, 0.2) is 17.0 Å². The van der Waals surface area contributed by atoms with Crippen LogP contribution in [0.2, 0.25) is 0 Å². The second-order valence-corrected chi connectivity index (χ2v) is 5.97. The number of nitrogen functional groups attached to an aromatic ring is 1. The summed E-state index contributed by atoms with van der Waals surface area (Å²) in [6, 6.07) is 3.09. The lowest BCUT2D eigenvalue weighted by Gasteiger charge is -2.18. The first-order chi connectivity index (χ1) is 8.75. The molecule has 1 atom stereocenters. The summed E-state index contributed by atoms with van der Waals surface area (Å²) >= 11 is 0. The van der Waals surface area contributed by atoms with Gasteiger partial charge in [-0.05, 0) is 38.5 Å². The zero-order valence-electron chi connectivity index (χ0n) is 11.4. The van der Waals surface area contributed by atoms with E-state index in [9.17, 15) is 8.42 Å². The normalized spacial score (nSPS) is 13.3. The summed E-state index contributed by atoms with van der Waals surface area (Å²) in [4.78, 5) is 0.0404. The van der Waals surface area contributed by atoms with Crippen LogP contribution in [0.3, 0.4) is 0 Å². The van der Waals surface area contributed by atoms with Crippen LogP contribution in [-0.4, -0.2) is 27.7 Å². The number of hydrogen-bond donors (Lipinski definition) is 3. The number of hydrogen-bond acceptors (Lipinski definition) is 5. The van der Waals surface area contributed by atoms with Gasteiger partial charge in [-0.2, -0.15) is 0 Å². The fourth-order valence-electron chi connectivity index (χ4n) is 1.76. The molecule has 0 heterocycles. The van der Waals surface area contributed by atoms with Crippen molar-refractivity contribution in [3.63, 3.8) is 0 Å². The van der Waals surface area contributed by atoms with Crippen molar-refractivity contribution in [2.75, 3.05) is 24.3 Å². The lowest BCUT2D eigenvalue weighted by molar-refractivity contribution is 0.141. The van der Waals surface area contributed by atoms with Crippen LogP contribution in [0.4, 0.5) is 11.4 Å². The van der Waals surface area contributed by atoms with Crippen molar-refractivity contribution in [2.45, 2.75) is 31.7 Å². The molecule has 0 saturated carbocycles. The zero-order chi connectivity index (χ0) is 14.6. The third kappa shape index (κ3) is 4.38. The Morgan fingerprint density at radius 2 is 2.05 bits per heavy atom. The van der Waals surface area contributed by atoms with E-state index < -0.39 is 10.0 Å². The molecular formula is C12H21N3O3S. The van der Waals surface area contributed by atoms with E-state index in [4.69, 9.17) is 15.6 Å². The van der Waals surface area contributed by atoms with Crippen molar-refractivity contribution in [3.8, 4) is 0 Å². The molecule has 0 aliphatic heterocycles. The highest BCUT2D eigenvalue weighted by molar-refractivity contribution is 7.89. The maximum Gasteiger partial charge on any atom is 0.238 e. The monoisotopic (exact) mass is 287 g/mol. The van der Waals surface area contributed by atoms with Crippen molar-refractivity contribution in [2.24, 2.45) is 5.14 Å². The standard InChI is InChI=1S/C12H21N3O3S/c1-4-18-7-8(2)15-11-5-10(13)6-12(9(11)3)19(14,16)17/h5-6,8,15H,4,7,13H2,1-3H3,(H2,14,16,17). The Morgan fingerprint density at radius 1 is 1.42 bits per heavy atom. The topological polar surface area (TPSA) is 107 Å². The number of rotatable bonds is 6. The fourth-order valence-corrected chi connectivity index (χ4v) is 2.59. The molecule has 19 heavy (non-hydrogen) atoms. The summed E-state index contributed by atoms with van der Waals surface area (Å²) in [5.74, 6) is 0. The summed E-state index contributed by atoms with van der Waals surface area (Å²) < 4.78 is 28.3. The predicted molar refractivity (Wildman–Crippen MR) is 76.5 cm³/mol. The quantitative estimate of drug-likeness (QED) is 0.678. The van der Waals surface area contributed by atoms with Crippen LogP contribution in [0.5, 0.6) is 0 Å². The summed E-state index contributed by atoms with van der Waals surface area (Å²) in [5.41, 5.74) is 7.26. The summed E-state index contributed by atoms with van der Waals surface area (Å²) in [6.45, 7) is 6.70. The van der Waals surface area contributed by atoms with Gasteiger partial charge in [0.05, 0.1) is 11.5 Å². The van der Waals surface area contributed by atoms with Crippen molar-refractivity contribution >= 4 is 21.4 Å². The van der Waals surface area contributed by atoms with Gasteiger partial charge in [-0.1, -0.05) is 0 Å². The Bertz CT molecular complexity index is 543. The summed E-state index contributed by atoms with van der Waals surface area (Å²) in [5, 5.41) is 8.34. The molecule has 0 spiro atoms. The Kier molecular flexibility index (Phi) is 5.16. The zero-order valence-corrected chi connectivity index (χ0v) is 12.3. The Hall–Kier alpha value is -1.31. The van der Waals surface area contributed by atoms with E-state index in [2.05, 4.69) is 5.32 Å². The largest absolute Gasteiger partial charge is 0.399 e. The Labute approximate surface area is 114 Å². The van der Waals surface area contributed by atoms with Gasteiger partial charge in [0.15, 0.2) is 0 Å². The number of benzene rings is 1. The molecule has 0 saturated heterocycles. The molecule has 5 N–H and O–H groups in total. The van der Waals surface area contributed by atoms with Crippen LogP contribution >= 0.6 is 0 Å². The SMILES string of the molecule is CCOCC(C)Nc1cc(N)cc(S(N)(=O)=O)c1C. The third-order valence-electron chi connectivity index (χ3n) is 2.66. The number of anilines is 2. The average molecular weight is 287 g/mol. The molecule has 7 heteroatoms. The van der Waals surface area contributed by atoms with E-state index >= 15 is 0 Å². The van der Waals surface area contributed by atoms with Crippen molar-refractivity contribution in [1.29, 1.82) is 0 Å². The van der Waals surface area contributed by atoms with E-state index in [-0.39, 0.29) is 10.9 Å². The van der Waals surface area contributed by atoms with Crippen molar-refractivity contribution < 1.29 is 13.2 Å². The molecule has 0 bridgehead atoms. The number of ether oxygens (including phenoxy) is 1. The summed E-state index contributed by atoms with van der Waals surface area (Å²) in [6.07, 6.45) is 0. The van der Waals surface area contributed by atoms with Crippen molar-refractivity contribution in [1.82, 2.24) is 0 Å². The number of nitrogens with one attached hydrogen (secondary N) is 1. The second-order valence-electron chi connectivity index (χ2n) is 4.44. The molecule has 1 unspecified atom stereocenters. The van der Waals surface area contributed by atoms with Gasteiger partial charge in [-0.3, -0.25) is 0 Å². The van der Waals surface area contributed by atoms with Gasteiger partial charge < -0.3 is 15.8 Å². The number of nitrogens with two attached hydrogens (primary N) is 2. The lowest BCUT2D eigenvalue weighted by atomic mass is 10.1. The minimum atomic E-state index is -3.78. The number of sulfonamides is 1. The van der Waals surface area contributed by atoms with E-state index in [1.54, 1.807) is 13.0 Å². The Morgan fingerprint density at radius 3 is 2.58 bits per heavy atom. The maximum atomic E-state index is 11.5. The van der Waals surface area contributed by atoms with E-state index in [0.29, 0.717) is 30.2 Å². The highest BCUT2D eigenvalue weighted by Crippen LogP contribution is 2.26. The third-order valence-corrected chi connectivity index (χ3v) is 3.70. The van der Waals surface area contributed by atoms with Crippen LogP contribution in [0.1, 0.15) is 19.4 Å². The molecule has 0 aromatic heterocycles. The van der Waals surface area contributed by atoms with Crippen LogP contribution < -0.4 is 16.2 Å². The van der Waals surface area contributed by atoms with Gasteiger partial charge in [0, 0.05) is 24.0 Å². The van der Waals surface area contributed by atoms with Crippen LogP contribution in [0, 0.1) is 6.92 Å². The molecule has 0 aliphatic carbocycles. The first-order valence-corrected chi connectivity index (χ1v) is 7.57. The molecule has 0 fully saturated rings. The Balaban J connectivity index is 3.05. The molecule has 1 rings (SSSR count). The molecule has 0 amide bonds.